The molecule has 3 aromatic rings. The van der Waals surface area contributed by atoms with Crippen LogP contribution in [0.15, 0.2) is 59.6 Å². The van der Waals surface area contributed by atoms with Gasteiger partial charge in [0.15, 0.2) is 3.95 Å². The van der Waals surface area contributed by atoms with Gasteiger partial charge in [-0.15, -0.1) is 11.3 Å². The van der Waals surface area contributed by atoms with Gasteiger partial charge in [0.05, 0.1) is 22.2 Å². The Labute approximate surface area is 188 Å². The molecule has 2 amide bonds. The second-order valence-corrected chi connectivity index (χ2v) is 10.1. The molecule has 2 aromatic carbocycles. The molecule has 2 aliphatic rings. The van der Waals surface area contributed by atoms with Crippen LogP contribution in [0.5, 0.6) is 0 Å². The van der Waals surface area contributed by atoms with E-state index in [0.29, 0.717) is 3.95 Å². The summed E-state index contributed by atoms with van der Waals surface area (Å²) in [5, 5.41) is -0.0165. The highest BCUT2D eigenvalue weighted by Gasteiger charge is 2.56. The summed E-state index contributed by atoms with van der Waals surface area (Å²) < 4.78 is 40.1. The van der Waals surface area contributed by atoms with E-state index in [1.807, 2.05) is 30.3 Å². The zero-order valence-electron chi connectivity index (χ0n) is 15.6. The average Bonchev–Trinajstić information content (AvgIpc) is 3.23. The molecule has 1 fully saturated rings. The third kappa shape index (κ3) is 3.33. The first-order valence-electron chi connectivity index (χ1n) is 9.25. The topological polar surface area (TPSA) is 53.2 Å². The molecule has 0 bridgehead atoms. The summed E-state index contributed by atoms with van der Waals surface area (Å²) in [5.74, 6) is -2.16. The molecule has 3 heterocycles. The Bertz CT molecular complexity index is 1250. The van der Waals surface area contributed by atoms with Crippen LogP contribution in [0.1, 0.15) is 21.9 Å². The first-order chi connectivity index (χ1) is 14.8. The van der Waals surface area contributed by atoms with Crippen molar-refractivity contribution in [1.29, 1.82) is 0 Å². The molecule has 158 valence electrons. The van der Waals surface area contributed by atoms with Crippen molar-refractivity contribution in [3.63, 3.8) is 0 Å². The fourth-order valence-corrected chi connectivity index (χ4v) is 7.07. The molecule has 0 aliphatic carbocycles. The summed E-state index contributed by atoms with van der Waals surface area (Å²) in [5.41, 5.74) is -0.116. The maximum atomic E-state index is 13.5. The molecule has 3 unspecified atom stereocenters. The molecule has 1 saturated heterocycles. The number of thiazole rings is 1. The number of H-pyrrole nitrogens is 1. The zero-order valence-corrected chi connectivity index (χ0v) is 18.0. The molecule has 0 spiro atoms. The third-order valence-corrected chi connectivity index (χ3v) is 8.17. The zero-order chi connectivity index (χ0) is 21.9. The molecule has 1 aromatic heterocycles. The first-order valence-corrected chi connectivity index (χ1v) is 11.4. The molecular formula is C21H13F3N2O2S3. The molecule has 0 radical (unpaired) electrons. The number of imide groups is 1. The number of fused-ring (bicyclic) bond motifs is 2. The molecule has 3 atom stereocenters. The van der Waals surface area contributed by atoms with Crippen LogP contribution in [-0.2, 0) is 15.8 Å². The van der Waals surface area contributed by atoms with Crippen LogP contribution in [0.3, 0.4) is 0 Å². The van der Waals surface area contributed by atoms with Gasteiger partial charge in [-0.1, -0.05) is 48.2 Å². The standard InChI is InChI=1S/C21H13F3N2O2S3/c22-21(23,24)11-7-4-8-12(9-11)26-18(27)14-13(10-5-2-1-3-6-10)15-17(25-20(29)31-15)30-16(14)19(26)28/h1-9,13-14,16H,(H,25,29). The van der Waals surface area contributed by atoms with Gasteiger partial charge in [-0.05, 0) is 36.0 Å². The molecule has 5 rings (SSSR count). The Kier molecular flexibility index (Phi) is 4.83. The minimum absolute atomic E-state index is 0.0667. The van der Waals surface area contributed by atoms with Gasteiger partial charge in [0.1, 0.15) is 5.25 Å². The lowest BCUT2D eigenvalue weighted by Gasteiger charge is -2.29. The number of thioether (sulfide) groups is 1. The summed E-state index contributed by atoms with van der Waals surface area (Å²) >= 11 is 7.86. The van der Waals surface area contributed by atoms with Crippen molar-refractivity contribution in [2.24, 2.45) is 5.92 Å². The monoisotopic (exact) mass is 478 g/mol. The van der Waals surface area contributed by atoms with E-state index in [-0.39, 0.29) is 5.69 Å². The largest absolute Gasteiger partial charge is 0.416 e. The number of aromatic nitrogens is 1. The van der Waals surface area contributed by atoms with Crippen molar-refractivity contribution in [2.75, 3.05) is 4.90 Å². The molecule has 2 aliphatic heterocycles. The second-order valence-electron chi connectivity index (χ2n) is 7.22. The number of carbonyl (C=O) groups excluding carboxylic acids is 2. The number of rotatable bonds is 2. The number of aromatic amines is 1. The van der Waals surface area contributed by atoms with Gasteiger partial charge < -0.3 is 4.98 Å². The van der Waals surface area contributed by atoms with Gasteiger partial charge in [-0.25, -0.2) is 4.90 Å². The number of nitrogens with one attached hydrogen (secondary N) is 1. The maximum Gasteiger partial charge on any atom is 0.416 e. The molecule has 4 nitrogen and oxygen atoms in total. The van der Waals surface area contributed by atoms with E-state index in [4.69, 9.17) is 12.2 Å². The Morgan fingerprint density at radius 3 is 2.45 bits per heavy atom. The molecule has 1 N–H and O–H groups in total. The number of anilines is 1. The fourth-order valence-electron chi connectivity index (χ4n) is 4.11. The van der Waals surface area contributed by atoms with Gasteiger partial charge in [0.25, 0.3) is 0 Å². The van der Waals surface area contributed by atoms with Crippen molar-refractivity contribution in [3.8, 4) is 0 Å². The Morgan fingerprint density at radius 2 is 1.74 bits per heavy atom. The van der Waals surface area contributed by atoms with Crippen LogP contribution in [0.4, 0.5) is 18.9 Å². The number of benzene rings is 2. The highest BCUT2D eigenvalue weighted by atomic mass is 32.2. The first kappa shape index (κ1) is 20.5. The fraction of sp³-hybridized carbons (Fsp3) is 0.190. The molecular weight excluding hydrogens is 465 g/mol. The van der Waals surface area contributed by atoms with Crippen molar-refractivity contribution in [3.05, 3.63) is 74.6 Å². The summed E-state index contributed by atoms with van der Waals surface area (Å²) in [6.07, 6.45) is -4.57. The molecule has 10 heteroatoms. The molecule has 0 saturated carbocycles. The van der Waals surface area contributed by atoms with Crippen molar-refractivity contribution < 1.29 is 22.8 Å². The smallest absolute Gasteiger partial charge is 0.332 e. The van der Waals surface area contributed by atoms with Gasteiger partial charge in [-0.2, -0.15) is 13.2 Å². The predicted molar refractivity (Wildman–Crippen MR) is 115 cm³/mol. The van der Waals surface area contributed by atoms with E-state index in [2.05, 4.69) is 4.98 Å². The number of hydrogen-bond donors (Lipinski definition) is 1. The third-order valence-electron chi connectivity index (χ3n) is 5.41. The summed E-state index contributed by atoms with van der Waals surface area (Å²) in [4.78, 5) is 31.6. The van der Waals surface area contributed by atoms with Gasteiger partial charge >= 0.3 is 6.18 Å². The van der Waals surface area contributed by atoms with E-state index in [1.165, 1.54) is 35.2 Å². The Balaban J connectivity index is 1.62. The van der Waals surface area contributed by atoms with E-state index < -0.39 is 40.6 Å². The summed E-state index contributed by atoms with van der Waals surface area (Å²) in [6.45, 7) is 0. The lowest BCUT2D eigenvalue weighted by molar-refractivity contribution is -0.137. The summed E-state index contributed by atoms with van der Waals surface area (Å²) in [6, 6.07) is 13.6. The number of nitrogens with zero attached hydrogens (tertiary/aromatic N) is 1. The van der Waals surface area contributed by atoms with Crippen molar-refractivity contribution in [2.45, 2.75) is 22.4 Å². The second kappa shape index (κ2) is 7.32. The normalized spacial score (nSPS) is 23.1. The Morgan fingerprint density at radius 1 is 1.00 bits per heavy atom. The Hall–Kier alpha value is -2.43. The van der Waals surface area contributed by atoms with E-state index >= 15 is 0 Å². The number of carbonyl (C=O) groups is 2. The van der Waals surface area contributed by atoms with Crippen LogP contribution in [0.25, 0.3) is 0 Å². The van der Waals surface area contributed by atoms with Crippen LogP contribution >= 0.6 is 35.3 Å². The highest BCUT2D eigenvalue weighted by Crippen LogP contribution is 2.54. The van der Waals surface area contributed by atoms with Crippen LogP contribution in [0.2, 0.25) is 0 Å². The van der Waals surface area contributed by atoms with Crippen LogP contribution in [-0.4, -0.2) is 22.0 Å². The lowest BCUT2D eigenvalue weighted by Crippen LogP contribution is -2.32. The lowest BCUT2D eigenvalue weighted by atomic mass is 9.83. The average molecular weight is 479 g/mol. The van der Waals surface area contributed by atoms with Gasteiger partial charge in [0.2, 0.25) is 11.8 Å². The maximum absolute atomic E-state index is 13.5. The quantitative estimate of drug-likeness (QED) is 0.384. The summed E-state index contributed by atoms with van der Waals surface area (Å²) in [7, 11) is 0. The predicted octanol–water partition coefficient (Wildman–Crippen LogP) is 5.62. The van der Waals surface area contributed by atoms with Crippen LogP contribution < -0.4 is 4.90 Å². The minimum atomic E-state index is -4.57. The van der Waals surface area contributed by atoms with Gasteiger partial charge in [-0.3, -0.25) is 9.59 Å². The highest BCUT2D eigenvalue weighted by molar-refractivity contribution is 8.01. The number of amides is 2. The van der Waals surface area contributed by atoms with E-state index in [0.717, 1.165) is 32.5 Å². The number of alkyl halides is 3. The molecule has 31 heavy (non-hydrogen) atoms. The van der Waals surface area contributed by atoms with Crippen molar-refractivity contribution >= 4 is 52.8 Å². The van der Waals surface area contributed by atoms with E-state index in [1.54, 1.807) is 0 Å². The van der Waals surface area contributed by atoms with Crippen molar-refractivity contribution in [1.82, 2.24) is 4.98 Å². The van der Waals surface area contributed by atoms with Crippen LogP contribution in [0, 0.1) is 9.87 Å². The minimum Gasteiger partial charge on any atom is -0.332 e. The van der Waals surface area contributed by atoms with Gasteiger partial charge in [0, 0.05) is 10.8 Å². The number of halogens is 3. The SMILES string of the molecule is O=C1C2Sc3[nH]c(=S)sc3C(c3ccccc3)C2C(=O)N1c1cccc(C(F)(F)F)c1. The van der Waals surface area contributed by atoms with E-state index in [9.17, 15) is 22.8 Å². The number of hydrogen-bond acceptors (Lipinski definition) is 5.